The lowest BCUT2D eigenvalue weighted by Gasteiger charge is -2.03. The fraction of sp³-hybridized carbons (Fsp3) is 0. The molecule has 4 aromatic rings. The summed E-state index contributed by atoms with van der Waals surface area (Å²) in [7, 11) is 0. The molecule has 6 heteroatoms. The molecule has 0 bridgehead atoms. The highest BCUT2D eigenvalue weighted by Gasteiger charge is 2.14. The summed E-state index contributed by atoms with van der Waals surface area (Å²) in [5.41, 5.74) is 2.27. The number of hydrogen-bond donors (Lipinski definition) is 2. The highest BCUT2D eigenvalue weighted by molar-refractivity contribution is 7.13. The topological polar surface area (TPSA) is 57.8 Å². The molecule has 1 amide bonds. The summed E-state index contributed by atoms with van der Waals surface area (Å²) >= 11 is 1.36. The number of rotatable bonds is 3. The van der Waals surface area contributed by atoms with E-state index in [0.717, 1.165) is 16.6 Å². The van der Waals surface area contributed by atoms with Crippen LogP contribution in [0.15, 0.2) is 60.0 Å². The van der Waals surface area contributed by atoms with Crippen molar-refractivity contribution in [2.75, 3.05) is 5.32 Å². The summed E-state index contributed by atoms with van der Waals surface area (Å²) in [6, 6.07) is 16.0. The second-order valence-electron chi connectivity index (χ2n) is 5.24. The van der Waals surface area contributed by atoms with E-state index in [9.17, 15) is 9.18 Å². The number of amides is 1. The van der Waals surface area contributed by atoms with Gasteiger partial charge in [0.15, 0.2) is 0 Å². The number of fused-ring (bicyclic) bond motifs is 1. The number of thiazole rings is 1. The van der Waals surface area contributed by atoms with Crippen LogP contribution in [0.25, 0.3) is 21.6 Å². The average Bonchev–Trinajstić information content (AvgIpc) is 3.23. The predicted molar refractivity (Wildman–Crippen MR) is 93.8 cm³/mol. The first-order valence-corrected chi connectivity index (χ1v) is 8.18. The zero-order valence-electron chi connectivity index (χ0n) is 12.4. The van der Waals surface area contributed by atoms with Gasteiger partial charge >= 0.3 is 0 Å². The van der Waals surface area contributed by atoms with Gasteiger partial charge in [0.2, 0.25) is 0 Å². The number of carbonyl (C=O) groups is 1. The Balaban J connectivity index is 1.60. The lowest BCUT2D eigenvalue weighted by molar-refractivity contribution is 0.102. The van der Waals surface area contributed by atoms with Gasteiger partial charge in [0.05, 0.1) is 11.4 Å². The number of H-pyrrole nitrogens is 1. The third kappa shape index (κ3) is 2.68. The normalized spacial score (nSPS) is 10.9. The average molecular weight is 337 g/mol. The van der Waals surface area contributed by atoms with Crippen LogP contribution in [0.4, 0.5) is 10.1 Å². The van der Waals surface area contributed by atoms with Crippen molar-refractivity contribution in [1.29, 1.82) is 0 Å². The Morgan fingerprint density at radius 2 is 1.92 bits per heavy atom. The molecule has 0 fully saturated rings. The third-order valence-corrected chi connectivity index (χ3v) is 4.49. The number of carbonyl (C=O) groups excluding carboxylic acids is 1. The molecule has 0 saturated carbocycles. The molecule has 0 saturated heterocycles. The van der Waals surface area contributed by atoms with Gasteiger partial charge in [-0.15, -0.1) is 11.3 Å². The molecule has 0 aliphatic rings. The summed E-state index contributed by atoms with van der Waals surface area (Å²) in [5.74, 6) is -0.907. The highest BCUT2D eigenvalue weighted by atomic mass is 32.1. The van der Waals surface area contributed by atoms with Crippen LogP contribution in [0.3, 0.4) is 0 Å². The van der Waals surface area contributed by atoms with E-state index >= 15 is 0 Å². The highest BCUT2D eigenvalue weighted by Crippen LogP contribution is 2.27. The van der Waals surface area contributed by atoms with Gasteiger partial charge in [-0.2, -0.15) is 0 Å². The molecule has 2 aromatic heterocycles. The fourth-order valence-electron chi connectivity index (χ4n) is 2.44. The molecule has 4 nitrogen and oxygen atoms in total. The van der Waals surface area contributed by atoms with Gasteiger partial charge in [0.25, 0.3) is 5.91 Å². The van der Waals surface area contributed by atoms with E-state index in [2.05, 4.69) is 15.3 Å². The standard InChI is InChI=1S/C18H12FN3OS/c19-12-6-2-4-8-14(12)21-17(23)16-10-24-18(22-16)15-9-11-5-1-3-7-13(11)20-15/h1-10,20H,(H,21,23). The predicted octanol–water partition coefficient (Wildman–Crippen LogP) is 4.68. The second-order valence-corrected chi connectivity index (χ2v) is 6.10. The molecule has 0 aliphatic heterocycles. The molecule has 0 spiro atoms. The molecule has 118 valence electrons. The Kier molecular flexibility index (Phi) is 3.59. The molecule has 0 unspecified atom stereocenters. The van der Waals surface area contributed by atoms with Crippen molar-refractivity contribution in [3.05, 3.63) is 71.5 Å². The molecular formula is C18H12FN3OS. The number of aromatic amines is 1. The number of para-hydroxylation sites is 2. The summed E-state index contributed by atoms with van der Waals surface area (Å²) in [4.78, 5) is 19.9. The van der Waals surface area contributed by atoms with E-state index in [4.69, 9.17) is 0 Å². The van der Waals surface area contributed by atoms with E-state index < -0.39 is 11.7 Å². The summed E-state index contributed by atoms with van der Waals surface area (Å²) in [5, 5.41) is 6.00. The first-order valence-electron chi connectivity index (χ1n) is 7.30. The smallest absolute Gasteiger partial charge is 0.275 e. The van der Waals surface area contributed by atoms with Gasteiger partial charge in [0.1, 0.15) is 16.5 Å². The quantitative estimate of drug-likeness (QED) is 0.570. The van der Waals surface area contributed by atoms with E-state index in [-0.39, 0.29) is 11.4 Å². The number of aromatic nitrogens is 2. The summed E-state index contributed by atoms with van der Waals surface area (Å²) < 4.78 is 13.6. The molecule has 24 heavy (non-hydrogen) atoms. The van der Waals surface area contributed by atoms with Gasteiger partial charge < -0.3 is 10.3 Å². The lowest BCUT2D eigenvalue weighted by Crippen LogP contribution is -2.13. The monoisotopic (exact) mass is 337 g/mol. The Labute approximate surface area is 141 Å². The number of benzene rings is 2. The minimum Gasteiger partial charge on any atom is -0.353 e. The Hall–Kier alpha value is -2.99. The van der Waals surface area contributed by atoms with Gasteiger partial charge in [-0.25, -0.2) is 9.37 Å². The van der Waals surface area contributed by atoms with Gasteiger partial charge in [0, 0.05) is 16.3 Å². The molecular weight excluding hydrogens is 325 g/mol. The second kappa shape index (κ2) is 5.90. The van der Waals surface area contributed by atoms with Crippen LogP contribution >= 0.6 is 11.3 Å². The number of hydrogen-bond acceptors (Lipinski definition) is 3. The van der Waals surface area contributed by atoms with Crippen LogP contribution in [0.5, 0.6) is 0 Å². The maximum absolute atomic E-state index is 13.6. The maximum Gasteiger partial charge on any atom is 0.275 e. The Morgan fingerprint density at radius 3 is 2.75 bits per heavy atom. The van der Waals surface area contributed by atoms with Crippen molar-refractivity contribution in [3.63, 3.8) is 0 Å². The summed E-state index contributed by atoms with van der Waals surface area (Å²) in [6.45, 7) is 0. The maximum atomic E-state index is 13.6. The van der Waals surface area contributed by atoms with E-state index in [1.165, 1.54) is 23.5 Å². The Bertz CT molecular complexity index is 1000. The molecule has 0 aliphatic carbocycles. The van der Waals surface area contributed by atoms with Crippen molar-refractivity contribution < 1.29 is 9.18 Å². The van der Waals surface area contributed by atoms with Crippen LogP contribution in [0.2, 0.25) is 0 Å². The zero-order valence-corrected chi connectivity index (χ0v) is 13.2. The fourth-order valence-corrected chi connectivity index (χ4v) is 3.21. The number of anilines is 1. The van der Waals surface area contributed by atoms with E-state index in [1.54, 1.807) is 17.5 Å². The van der Waals surface area contributed by atoms with E-state index in [0.29, 0.717) is 5.01 Å². The van der Waals surface area contributed by atoms with Gasteiger partial charge in [-0.05, 0) is 24.3 Å². The minimum atomic E-state index is -0.475. The van der Waals surface area contributed by atoms with Crippen molar-refractivity contribution >= 4 is 33.8 Å². The summed E-state index contributed by atoms with van der Waals surface area (Å²) in [6.07, 6.45) is 0. The van der Waals surface area contributed by atoms with Crippen LogP contribution in [-0.4, -0.2) is 15.9 Å². The first kappa shape index (κ1) is 14.6. The molecule has 2 N–H and O–H groups in total. The number of halogens is 1. The zero-order chi connectivity index (χ0) is 16.5. The SMILES string of the molecule is O=C(Nc1ccccc1F)c1csc(-c2cc3ccccc3[nH]2)n1. The third-order valence-electron chi connectivity index (χ3n) is 3.62. The van der Waals surface area contributed by atoms with E-state index in [1.807, 2.05) is 30.3 Å². The van der Waals surface area contributed by atoms with Crippen molar-refractivity contribution in [2.45, 2.75) is 0 Å². The molecule has 2 heterocycles. The lowest BCUT2D eigenvalue weighted by atomic mass is 10.2. The molecule has 2 aromatic carbocycles. The van der Waals surface area contributed by atoms with Crippen LogP contribution < -0.4 is 5.32 Å². The van der Waals surface area contributed by atoms with Crippen LogP contribution in [0, 0.1) is 5.82 Å². The molecule has 0 atom stereocenters. The number of nitrogens with one attached hydrogen (secondary N) is 2. The van der Waals surface area contributed by atoms with Crippen molar-refractivity contribution in [1.82, 2.24) is 9.97 Å². The van der Waals surface area contributed by atoms with Gasteiger partial charge in [-0.3, -0.25) is 4.79 Å². The molecule has 4 rings (SSSR count). The van der Waals surface area contributed by atoms with Crippen molar-refractivity contribution in [2.24, 2.45) is 0 Å². The number of nitrogens with zero attached hydrogens (tertiary/aromatic N) is 1. The van der Waals surface area contributed by atoms with Crippen LogP contribution in [0.1, 0.15) is 10.5 Å². The first-order chi connectivity index (χ1) is 11.7. The van der Waals surface area contributed by atoms with Crippen molar-refractivity contribution in [3.8, 4) is 10.7 Å². The van der Waals surface area contributed by atoms with Gasteiger partial charge in [-0.1, -0.05) is 30.3 Å². The minimum absolute atomic E-state index is 0.141. The van der Waals surface area contributed by atoms with Crippen LogP contribution in [-0.2, 0) is 0 Å². The molecule has 0 radical (unpaired) electrons. The Morgan fingerprint density at radius 1 is 1.12 bits per heavy atom. The largest absolute Gasteiger partial charge is 0.353 e.